The number of rotatable bonds is 6. The van der Waals surface area contributed by atoms with E-state index in [-0.39, 0.29) is 5.91 Å². The molecule has 4 aromatic rings. The predicted octanol–water partition coefficient (Wildman–Crippen LogP) is 3.65. The average Bonchev–Trinajstić information content (AvgIpc) is 3.23. The molecule has 2 aromatic carbocycles. The summed E-state index contributed by atoms with van der Waals surface area (Å²) in [4.78, 5) is 21.6. The summed E-state index contributed by atoms with van der Waals surface area (Å²) in [5, 5.41) is 7.66. The summed E-state index contributed by atoms with van der Waals surface area (Å²) in [6.07, 6.45) is 3.33. The normalized spacial score (nSPS) is 10.5. The number of methoxy groups -OCH3 is 1. The molecule has 0 radical (unpaired) electrons. The average molecular weight is 385 g/mol. The number of hydrogen-bond acceptors (Lipinski definition) is 6. The van der Waals surface area contributed by atoms with Gasteiger partial charge in [0, 0.05) is 35.6 Å². The fourth-order valence-electron chi connectivity index (χ4n) is 2.92. The molecule has 0 fully saturated rings. The molecule has 0 bridgehead atoms. The SMILES string of the molecule is COc1ccccc1CNc1nc(-c2ccncc2)nn1C(=O)c1ccccc1. The number of anilines is 1. The highest BCUT2D eigenvalue weighted by atomic mass is 16.5. The molecule has 0 spiro atoms. The molecule has 0 unspecified atom stereocenters. The lowest BCUT2D eigenvalue weighted by Gasteiger charge is -2.10. The van der Waals surface area contributed by atoms with E-state index >= 15 is 0 Å². The van der Waals surface area contributed by atoms with E-state index in [0.717, 1.165) is 16.9 Å². The highest BCUT2D eigenvalue weighted by molar-refractivity contribution is 5.97. The first-order chi connectivity index (χ1) is 14.3. The zero-order chi connectivity index (χ0) is 20.1. The minimum Gasteiger partial charge on any atom is -0.496 e. The van der Waals surface area contributed by atoms with Crippen molar-refractivity contribution < 1.29 is 9.53 Å². The summed E-state index contributed by atoms with van der Waals surface area (Å²) in [5.74, 6) is 1.30. The first-order valence-corrected chi connectivity index (χ1v) is 9.09. The monoisotopic (exact) mass is 385 g/mol. The van der Waals surface area contributed by atoms with E-state index in [1.165, 1.54) is 4.68 Å². The second-order valence-corrected chi connectivity index (χ2v) is 6.24. The van der Waals surface area contributed by atoms with Gasteiger partial charge in [-0.1, -0.05) is 36.4 Å². The molecule has 29 heavy (non-hydrogen) atoms. The fraction of sp³-hybridized carbons (Fsp3) is 0.0909. The molecular weight excluding hydrogens is 366 g/mol. The maximum atomic E-state index is 13.0. The third-order valence-corrected chi connectivity index (χ3v) is 4.39. The smallest absolute Gasteiger partial charge is 0.281 e. The van der Waals surface area contributed by atoms with Crippen LogP contribution < -0.4 is 10.1 Å². The topological polar surface area (TPSA) is 81.9 Å². The van der Waals surface area contributed by atoms with Crippen molar-refractivity contribution >= 4 is 11.9 Å². The number of benzene rings is 2. The van der Waals surface area contributed by atoms with Crippen LogP contribution in [0.15, 0.2) is 79.1 Å². The molecule has 7 heteroatoms. The van der Waals surface area contributed by atoms with Gasteiger partial charge >= 0.3 is 0 Å². The molecule has 2 heterocycles. The van der Waals surface area contributed by atoms with Crippen LogP contribution in [0.2, 0.25) is 0 Å². The Morgan fingerprint density at radius 1 is 1.00 bits per heavy atom. The quantitative estimate of drug-likeness (QED) is 0.546. The van der Waals surface area contributed by atoms with Crippen LogP contribution in [-0.2, 0) is 6.54 Å². The molecule has 1 N–H and O–H groups in total. The molecule has 0 aliphatic rings. The first-order valence-electron chi connectivity index (χ1n) is 9.09. The van der Waals surface area contributed by atoms with Crippen LogP contribution in [0.1, 0.15) is 15.9 Å². The minimum atomic E-state index is -0.263. The molecule has 0 saturated heterocycles. The van der Waals surface area contributed by atoms with E-state index in [0.29, 0.717) is 23.9 Å². The molecule has 0 amide bonds. The third kappa shape index (κ3) is 3.98. The summed E-state index contributed by atoms with van der Waals surface area (Å²) in [6.45, 7) is 0.431. The Morgan fingerprint density at radius 2 is 1.72 bits per heavy atom. The van der Waals surface area contributed by atoms with Crippen molar-refractivity contribution in [3.8, 4) is 17.1 Å². The van der Waals surface area contributed by atoms with Crippen LogP contribution in [0.25, 0.3) is 11.4 Å². The number of hydrogen-bond donors (Lipinski definition) is 1. The van der Waals surface area contributed by atoms with Gasteiger partial charge in [-0.3, -0.25) is 9.78 Å². The van der Waals surface area contributed by atoms with Crippen LogP contribution >= 0.6 is 0 Å². The Labute approximate surface area is 168 Å². The van der Waals surface area contributed by atoms with Gasteiger partial charge in [-0.25, -0.2) is 0 Å². The lowest BCUT2D eigenvalue weighted by molar-refractivity contribution is 0.0947. The maximum absolute atomic E-state index is 13.0. The number of aromatic nitrogens is 4. The van der Waals surface area contributed by atoms with Crippen molar-refractivity contribution in [2.45, 2.75) is 6.54 Å². The molecule has 7 nitrogen and oxygen atoms in total. The van der Waals surface area contributed by atoms with Gasteiger partial charge in [0.05, 0.1) is 7.11 Å². The van der Waals surface area contributed by atoms with Crippen molar-refractivity contribution in [2.24, 2.45) is 0 Å². The summed E-state index contributed by atoms with van der Waals surface area (Å²) < 4.78 is 6.69. The summed E-state index contributed by atoms with van der Waals surface area (Å²) in [7, 11) is 1.63. The van der Waals surface area contributed by atoms with Crippen LogP contribution in [0, 0.1) is 0 Å². The van der Waals surface area contributed by atoms with Gasteiger partial charge in [0.1, 0.15) is 5.75 Å². The Morgan fingerprint density at radius 3 is 2.48 bits per heavy atom. The number of carbonyl (C=O) groups excluding carboxylic acids is 1. The number of pyridine rings is 1. The van der Waals surface area contributed by atoms with E-state index in [2.05, 4.69) is 20.4 Å². The first kappa shape index (κ1) is 18.4. The van der Waals surface area contributed by atoms with E-state index in [4.69, 9.17) is 4.74 Å². The summed E-state index contributed by atoms with van der Waals surface area (Å²) in [5.41, 5.74) is 2.25. The number of carbonyl (C=O) groups is 1. The standard InChI is InChI=1S/C22H19N5O2/c1-29-19-10-6-5-9-18(19)15-24-22-25-20(16-11-13-23-14-12-16)26-27(22)21(28)17-7-3-2-4-8-17/h2-14H,15H2,1H3,(H,24,25,26). The highest BCUT2D eigenvalue weighted by Gasteiger charge is 2.19. The van der Waals surface area contributed by atoms with Gasteiger partial charge in [-0.2, -0.15) is 9.67 Å². The Balaban J connectivity index is 1.69. The fourth-order valence-corrected chi connectivity index (χ4v) is 2.92. The van der Waals surface area contributed by atoms with Gasteiger partial charge in [0.25, 0.3) is 5.91 Å². The zero-order valence-corrected chi connectivity index (χ0v) is 15.8. The largest absolute Gasteiger partial charge is 0.496 e. The van der Waals surface area contributed by atoms with E-state index in [1.807, 2.05) is 42.5 Å². The van der Waals surface area contributed by atoms with Gasteiger partial charge in [-0.15, -0.1) is 5.10 Å². The molecule has 0 atom stereocenters. The molecule has 144 valence electrons. The van der Waals surface area contributed by atoms with Gasteiger partial charge in [0.15, 0.2) is 5.82 Å². The maximum Gasteiger partial charge on any atom is 0.281 e. The minimum absolute atomic E-state index is 0.263. The highest BCUT2D eigenvalue weighted by Crippen LogP contribution is 2.21. The molecule has 4 rings (SSSR count). The molecule has 0 saturated carbocycles. The number of nitrogens with one attached hydrogen (secondary N) is 1. The number of ether oxygens (including phenoxy) is 1. The predicted molar refractivity (Wildman–Crippen MR) is 110 cm³/mol. The lowest BCUT2D eigenvalue weighted by atomic mass is 10.2. The zero-order valence-electron chi connectivity index (χ0n) is 15.8. The Bertz CT molecular complexity index is 1110. The Kier molecular flexibility index (Phi) is 5.29. The van der Waals surface area contributed by atoms with Crippen LogP contribution in [0.5, 0.6) is 5.75 Å². The van der Waals surface area contributed by atoms with E-state index in [1.54, 1.807) is 43.8 Å². The second kappa shape index (κ2) is 8.35. The van der Waals surface area contributed by atoms with Crippen LogP contribution in [-0.4, -0.2) is 32.8 Å². The Hall–Kier alpha value is -4.00. The summed E-state index contributed by atoms with van der Waals surface area (Å²) in [6, 6.07) is 20.3. The van der Waals surface area contributed by atoms with Crippen molar-refractivity contribution in [3.63, 3.8) is 0 Å². The summed E-state index contributed by atoms with van der Waals surface area (Å²) >= 11 is 0. The van der Waals surface area contributed by atoms with Crippen LogP contribution in [0.3, 0.4) is 0 Å². The lowest BCUT2D eigenvalue weighted by Crippen LogP contribution is -2.17. The van der Waals surface area contributed by atoms with E-state index < -0.39 is 0 Å². The number of nitrogens with zero attached hydrogens (tertiary/aromatic N) is 4. The van der Waals surface area contributed by atoms with Crippen molar-refractivity contribution in [1.82, 2.24) is 19.7 Å². The molecule has 2 aromatic heterocycles. The molecule has 0 aliphatic heterocycles. The number of para-hydroxylation sites is 1. The van der Waals surface area contributed by atoms with Gasteiger partial charge < -0.3 is 10.1 Å². The second-order valence-electron chi connectivity index (χ2n) is 6.24. The third-order valence-electron chi connectivity index (χ3n) is 4.39. The van der Waals surface area contributed by atoms with Gasteiger partial charge in [0.2, 0.25) is 5.95 Å². The van der Waals surface area contributed by atoms with Gasteiger partial charge in [-0.05, 0) is 30.3 Å². The van der Waals surface area contributed by atoms with E-state index in [9.17, 15) is 4.79 Å². The molecule has 0 aliphatic carbocycles. The van der Waals surface area contributed by atoms with Crippen molar-refractivity contribution in [1.29, 1.82) is 0 Å². The van der Waals surface area contributed by atoms with Crippen molar-refractivity contribution in [3.05, 3.63) is 90.3 Å². The molecular formula is C22H19N5O2. The van der Waals surface area contributed by atoms with Crippen LogP contribution in [0.4, 0.5) is 5.95 Å². The van der Waals surface area contributed by atoms with Crippen molar-refractivity contribution in [2.75, 3.05) is 12.4 Å².